The van der Waals surface area contributed by atoms with Crippen LogP contribution in [0.2, 0.25) is 0 Å². The Balaban J connectivity index is 2.27. The zero-order chi connectivity index (χ0) is 21.3. The maximum atomic E-state index is 12.1. The highest BCUT2D eigenvalue weighted by Crippen LogP contribution is 2.39. The summed E-state index contributed by atoms with van der Waals surface area (Å²) in [6.07, 6.45) is 1.27. The molecule has 0 spiro atoms. The van der Waals surface area contributed by atoms with Crippen LogP contribution >= 0.6 is 0 Å². The molecule has 4 N–H and O–H groups in total. The van der Waals surface area contributed by atoms with Gasteiger partial charge in [0.15, 0.2) is 0 Å². The van der Waals surface area contributed by atoms with E-state index in [1.54, 1.807) is 45.0 Å². The van der Waals surface area contributed by atoms with E-state index in [0.717, 1.165) is 0 Å². The number of phenols is 1. The first-order valence-corrected chi connectivity index (χ1v) is 9.32. The minimum atomic E-state index is -0.653. The quantitative estimate of drug-likeness (QED) is 0.413. The van der Waals surface area contributed by atoms with Crippen molar-refractivity contribution in [3.63, 3.8) is 0 Å². The Kier molecular flexibility index (Phi) is 6.06. The molecule has 0 aromatic heterocycles. The van der Waals surface area contributed by atoms with Gasteiger partial charge in [-0.15, -0.1) is 0 Å². The van der Waals surface area contributed by atoms with Gasteiger partial charge in [0, 0.05) is 6.54 Å². The van der Waals surface area contributed by atoms with Crippen molar-refractivity contribution in [3.05, 3.63) is 29.2 Å². The van der Waals surface area contributed by atoms with Crippen molar-refractivity contribution in [2.24, 2.45) is 0 Å². The van der Waals surface area contributed by atoms with Gasteiger partial charge in [-0.3, -0.25) is 0 Å². The Morgan fingerprint density at radius 2 is 1.82 bits per heavy atom. The largest absolute Gasteiger partial charge is 0.506 e. The van der Waals surface area contributed by atoms with Crippen LogP contribution in [0.3, 0.4) is 0 Å². The molecule has 7 nitrogen and oxygen atoms in total. The summed E-state index contributed by atoms with van der Waals surface area (Å²) in [6, 6.07) is 4.94. The van der Waals surface area contributed by atoms with Crippen molar-refractivity contribution in [1.29, 1.82) is 0 Å². The molecule has 28 heavy (non-hydrogen) atoms. The SMILES string of the molecule is CC(C)(C)OC(=O)NCC(=Cc1ccc(N)c(O)c1)B1OC(C)(C)C(C)(C)O1. The van der Waals surface area contributed by atoms with Crippen LogP contribution in [0, 0.1) is 0 Å². The molecule has 1 aromatic carbocycles. The standard InChI is InChI=1S/C20H31BN2O5/c1-18(2,3)26-17(25)23-12-14(10-13-8-9-15(22)16(24)11-13)21-27-19(4,5)20(6,7)28-21/h8-11,24H,12,22H2,1-7H3,(H,23,25). The summed E-state index contributed by atoms with van der Waals surface area (Å²) >= 11 is 0. The molecule has 1 amide bonds. The number of carbonyl (C=O) groups excluding carboxylic acids is 1. The number of alkyl carbamates (subject to hydrolysis) is 1. The van der Waals surface area contributed by atoms with Crippen molar-refractivity contribution in [3.8, 4) is 5.75 Å². The lowest BCUT2D eigenvalue weighted by molar-refractivity contribution is 0.00578. The highest BCUT2D eigenvalue weighted by molar-refractivity contribution is 6.56. The molecular formula is C20H31BN2O5. The number of rotatable bonds is 4. The first kappa shape index (κ1) is 22.1. The molecule has 1 saturated heterocycles. The van der Waals surface area contributed by atoms with E-state index in [2.05, 4.69) is 5.32 Å². The van der Waals surface area contributed by atoms with Crippen LogP contribution in [0.4, 0.5) is 10.5 Å². The minimum Gasteiger partial charge on any atom is -0.506 e. The number of anilines is 1. The van der Waals surface area contributed by atoms with Crippen LogP contribution < -0.4 is 11.1 Å². The number of phenolic OH excluding ortho intramolecular Hbond substituents is 1. The van der Waals surface area contributed by atoms with E-state index in [0.29, 0.717) is 16.7 Å². The number of amides is 1. The summed E-state index contributed by atoms with van der Waals surface area (Å²) in [4.78, 5) is 12.1. The van der Waals surface area contributed by atoms with Crippen LogP contribution in [-0.4, -0.2) is 41.7 Å². The number of carbonyl (C=O) groups is 1. The van der Waals surface area contributed by atoms with Crippen LogP contribution in [0.1, 0.15) is 54.0 Å². The van der Waals surface area contributed by atoms with Gasteiger partial charge in [-0.05, 0) is 71.6 Å². The van der Waals surface area contributed by atoms with Gasteiger partial charge < -0.3 is 30.2 Å². The van der Waals surface area contributed by atoms with Crippen molar-refractivity contribution >= 4 is 25.0 Å². The number of ether oxygens (including phenoxy) is 1. The highest BCUT2D eigenvalue weighted by atomic mass is 16.7. The van der Waals surface area contributed by atoms with Crippen LogP contribution in [0.15, 0.2) is 23.7 Å². The van der Waals surface area contributed by atoms with Gasteiger partial charge in [-0.2, -0.15) is 0 Å². The van der Waals surface area contributed by atoms with Crippen LogP contribution in [-0.2, 0) is 14.0 Å². The number of benzene rings is 1. The smallest absolute Gasteiger partial charge is 0.492 e. The zero-order valence-electron chi connectivity index (χ0n) is 17.8. The van der Waals surface area contributed by atoms with E-state index in [9.17, 15) is 9.90 Å². The summed E-state index contributed by atoms with van der Waals surface area (Å²) < 4.78 is 17.5. The monoisotopic (exact) mass is 390 g/mol. The van der Waals surface area contributed by atoms with E-state index < -0.39 is 30.0 Å². The average molecular weight is 390 g/mol. The second-order valence-corrected chi connectivity index (χ2v) is 8.98. The Morgan fingerprint density at radius 3 is 2.32 bits per heavy atom. The number of aromatic hydroxyl groups is 1. The molecule has 1 aliphatic heterocycles. The lowest BCUT2D eigenvalue weighted by atomic mass is 9.77. The third-order valence-electron chi connectivity index (χ3n) is 4.80. The van der Waals surface area contributed by atoms with Gasteiger partial charge >= 0.3 is 13.2 Å². The number of nitrogens with one attached hydrogen (secondary N) is 1. The number of nitrogen functional groups attached to an aromatic ring is 1. The molecule has 1 fully saturated rings. The van der Waals surface area contributed by atoms with Gasteiger partial charge in [0.1, 0.15) is 11.4 Å². The highest BCUT2D eigenvalue weighted by Gasteiger charge is 2.52. The van der Waals surface area contributed by atoms with E-state index in [1.165, 1.54) is 0 Å². The summed E-state index contributed by atoms with van der Waals surface area (Å²) in [6.45, 7) is 13.4. The average Bonchev–Trinajstić information content (AvgIpc) is 2.73. The second-order valence-electron chi connectivity index (χ2n) is 8.98. The van der Waals surface area contributed by atoms with Crippen molar-refractivity contribution in [2.75, 3.05) is 12.3 Å². The maximum absolute atomic E-state index is 12.1. The van der Waals surface area contributed by atoms with Crippen LogP contribution in [0.5, 0.6) is 5.75 Å². The summed E-state index contributed by atoms with van der Waals surface area (Å²) in [7, 11) is -0.653. The maximum Gasteiger partial charge on any atom is 0.492 e. The van der Waals surface area contributed by atoms with E-state index in [1.807, 2.05) is 27.7 Å². The third kappa shape index (κ3) is 5.42. The Bertz CT molecular complexity index is 752. The molecule has 0 saturated carbocycles. The van der Waals surface area contributed by atoms with E-state index >= 15 is 0 Å². The Morgan fingerprint density at radius 1 is 1.25 bits per heavy atom. The van der Waals surface area contributed by atoms with Gasteiger partial charge in [-0.1, -0.05) is 12.1 Å². The van der Waals surface area contributed by atoms with Crippen molar-refractivity contribution < 1.29 is 23.9 Å². The number of hydrogen-bond acceptors (Lipinski definition) is 6. The molecular weight excluding hydrogens is 359 g/mol. The lowest BCUT2D eigenvalue weighted by Crippen LogP contribution is -2.41. The topological polar surface area (TPSA) is 103 Å². The predicted octanol–water partition coefficient (Wildman–Crippen LogP) is 3.51. The molecule has 0 radical (unpaired) electrons. The third-order valence-corrected chi connectivity index (χ3v) is 4.80. The molecule has 8 heteroatoms. The van der Waals surface area contributed by atoms with Gasteiger partial charge in [-0.25, -0.2) is 4.79 Å². The summed E-state index contributed by atoms with van der Waals surface area (Å²) in [5, 5.41) is 12.6. The molecule has 2 rings (SSSR count). The predicted molar refractivity (Wildman–Crippen MR) is 111 cm³/mol. The first-order chi connectivity index (χ1) is 12.7. The Labute approximate surface area is 167 Å². The fourth-order valence-corrected chi connectivity index (χ4v) is 2.55. The fraction of sp³-hybridized carbons (Fsp3) is 0.550. The van der Waals surface area contributed by atoms with E-state index in [-0.39, 0.29) is 12.3 Å². The lowest BCUT2D eigenvalue weighted by Gasteiger charge is -2.32. The van der Waals surface area contributed by atoms with Crippen molar-refractivity contribution in [2.45, 2.75) is 65.3 Å². The Hall–Kier alpha value is -2.19. The molecule has 0 unspecified atom stereocenters. The van der Waals surface area contributed by atoms with Gasteiger partial charge in [0.25, 0.3) is 0 Å². The number of hydrogen-bond donors (Lipinski definition) is 3. The molecule has 1 aliphatic rings. The molecule has 1 aromatic rings. The molecule has 1 heterocycles. The molecule has 0 atom stereocenters. The summed E-state index contributed by atoms with van der Waals surface area (Å²) in [5.41, 5.74) is 5.73. The van der Waals surface area contributed by atoms with Gasteiger partial charge in [0.2, 0.25) is 0 Å². The van der Waals surface area contributed by atoms with Gasteiger partial charge in [0.05, 0.1) is 16.9 Å². The number of nitrogens with two attached hydrogens (primary N) is 1. The fourth-order valence-electron chi connectivity index (χ4n) is 2.55. The molecule has 0 aliphatic carbocycles. The summed E-state index contributed by atoms with van der Waals surface area (Å²) in [5.74, 6) is -0.0119. The van der Waals surface area contributed by atoms with E-state index in [4.69, 9.17) is 19.8 Å². The van der Waals surface area contributed by atoms with Crippen molar-refractivity contribution in [1.82, 2.24) is 5.32 Å². The van der Waals surface area contributed by atoms with Crippen LogP contribution in [0.25, 0.3) is 6.08 Å². The first-order valence-electron chi connectivity index (χ1n) is 9.32. The minimum absolute atomic E-state index is 0.0119. The normalized spacial score (nSPS) is 18.8. The molecule has 0 bridgehead atoms. The zero-order valence-corrected chi connectivity index (χ0v) is 17.8. The molecule has 154 valence electrons. The second kappa shape index (κ2) is 7.68.